The molecule has 1 aromatic rings. The second kappa shape index (κ2) is 5.30. The molecule has 0 heterocycles. The molecule has 1 saturated carbocycles. The van der Waals surface area contributed by atoms with E-state index >= 15 is 0 Å². The van der Waals surface area contributed by atoms with Crippen molar-refractivity contribution in [3.8, 4) is 0 Å². The Morgan fingerprint density at radius 1 is 1.31 bits per heavy atom. The quantitative estimate of drug-likeness (QED) is 0.822. The second-order valence-corrected chi connectivity index (χ2v) is 4.46. The molecular weight excluding hydrogens is 205 g/mol. The van der Waals surface area contributed by atoms with Gasteiger partial charge in [0.25, 0.3) is 0 Å². The summed E-state index contributed by atoms with van der Waals surface area (Å²) in [5.74, 6) is 0.226. The smallest absolute Gasteiger partial charge is 0.146 e. The zero-order chi connectivity index (χ0) is 11.4. The van der Waals surface area contributed by atoms with E-state index in [1.165, 1.54) is 18.9 Å². The number of anilines is 1. The van der Waals surface area contributed by atoms with Crippen LogP contribution in [0.5, 0.6) is 0 Å². The molecule has 1 aromatic carbocycles. The van der Waals surface area contributed by atoms with Crippen LogP contribution in [0.25, 0.3) is 0 Å². The molecule has 2 nitrogen and oxygen atoms in total. The Hall–Kier alpha value is -1.09. The highest BCUT2D eigenvalue weighted by Crippen LogP contribution is 2.29. The lowest BCUT2D eigenvalue weighted by Crippen LogP contribution is -2.31. The monoisotopic (exact) mass is 223 g/mol. The van der Waals surface area contributed by atoms with Crippen molar-refractivity contribution in [2.45, 2.75) is 31.7 Å². The highest BCUT2D eigenvalue weighted by molar-refractivity contribution is 5.45. The fourth-order valence-corrected chi connectivity index (χ4v) is 2.45. The van der Waals surface area contributed by atoms with Crippen molar-refractivity contribution in [3.05, 3.63) is 30.1 Å². The normalized spacial score (nSPS) is 18.6. The SMILES string of the molecule is OCC(Nc1ccccc1F)C1CCCC1. The van der Waals surface area contributed by atoms with E-state index in [4.69, 9.17) is 0 Å². The maximum absolute atomic E-state index is 13.4. The molecule has 2 N–H and O–H groups in total. The van der Waals surface area contributed by atoms with Gasteiger partial charge in [-0.05, 0) is 30.9 Å². The van der Waals surface area contributed by atoms with E-state index in [0.717, 1.165) is 12.8 Å². The third kappa shape index (κ3) is 2.53. The van der Waals surface area contributed by atoms with Crippen molar-refractivity contribution in [1.82, 2.24) is 0 Å². The fraction of sp³-hybridized carbons (Fsp3) is 0.538. The first-order chi connectivity index (χ1) is 7.81. The molecule has 0 saturated heterocycles. The highest BCUT2D eigenvalue weighted by Gasteiger charge is 2.24. The molecule has 1 aliphatic rings. The molecule has 0 amide bonds. The predicted molar refractivity (Wildman–Crippen MR) is 62.9 cm³/mol. The summed E-state index contributed by atoms with van der Waals surface area (Å²) >= 11 is 0. The Morgan fingerprint density at radius 2 is 2.00 bits per heavy atom. The van der Waals surface area contributed by atoms with Gasteiger partial charge in [0.15, 0.2) is 0 Å². The van der Waals surface area contributed by atoms with Crippen LogP contribution in [0.3, 0.4) is 0 Å². The topological polar surface area (TPSA) is 32.3 Å². The van der Waals surface area contributed by atoms with Gasteiger partial charge < -0.3 is 10.4 Å². The summed E-state index contributed by atoms with van der Waals surface area (Å²) in [6.07, 6.45) is 4.71. The molecule has 0 bridgehead atoms. The van der Waals surface area contributed by atoms with Gasteiger partial charge in [0.2, 0.25) is 0 Å². The van der Waals surface area contributed by atoms with Crippen molar-refractivity contribution >= 4 is 5.69 Å². The molecule has 1 fully saturated rings. The van der Waals surface area contributed by atoms with Crippen molar-refractivity contribution in [3.63, 3.8) is 0 Å². The lowest BCUT2D eigenvalue weighted by atomic mass is 9.98. The number of benzene rings is 1. The van der Waals surface area contributed by atoms with Crippen LogP contribution in [-0.2, 0) is 0 Å². The number of para-hydroxylation sites is 1. The molecule has 16 heavy (non-hydrogen) atoms. The number of halogens is 1. The Kier molecular flexibility index (Phi) is 3.78. The van der Waals surface area contributed by atoms with Crippen LogP contribution in [0.1, 0.15) is 25.7 Å². The molecule has 1 atom stereocenters. The number of nitrogens with one attached hydrogen (secondary N) is 1. The average molecular weight is 223 g/mol. The fourth-order valence-electron chi connectivity index (χ4n) is 2.45. The van der Waals surface area contributed by atoms with E-state index < -0.39 is 0 Å². The minimum Gasteiger partial charge on any atom is -0.394 e. The summed E-state index contributed by atoms with van der Waals surface area (Å²) in [4.78, 5) is 0. The number of aliphatic hydroxyl groups excluding tert-OH is 1. The number of aliphatic hydroxyl groups is 1. The van der Waals surface area contributed by atoms with E-state index in [1.807, 2.05) is 0 Å². The van der Waals surface area contributed by atoms with E-state index in [9.17, 15) is 9.50 Å². The molecule has 1 aliphatic carbocycles. The Labute approximate surface area is 95.5 Å². The number of rotatable bonds is 4. The molecule has 2 rings (SSSR count). The molecular formula is C13H18FNO. The third-order valence-electron chi connectivity index (χ3n) is 3.38. The predicted octanol–water partition coefficient (Wildman–Crippen LogP) is 2.79. The maximum Gasteiger partial charge on any atom is 0.146 e. The summed E-state index contributed by atoms with van der Waals surface area (Å²) in [6.45, 7) is 0.0685. The molecule has 3 heteroatoms. The Balaban J connectivity index is 2.03. The Bertz CT molecular complexity index is 336. The lowest BCUT2D eigenvalue weighted by Gasteiger charge is -2.23. The van der Waals surface area contributed by atoms with Crippen LogP contribution >= 0.6 is 0 Å². The Morgan fingerprint density at radius 3 is 2.62 bits per heavy atom. The van der Waals surface area contributed by atoms with Gasteiger partial charge in [-0.1, -0.05) is 25.0 Å². The average Bonchev–Trinajstić information content (AvgIpc) is 2.81. The van der Waals surface area contributed by atoms with Crippen LogP contribution in [0.2, 0.25) is 0 Å². The summed E-state index contributed by atoms with van der Waals surface area (Å²) in [5, 5.41) is 12.5. The van der Waals surface area contributed by atoms with Gasteiger partial charge >= 0.3 is 0 Å². The minimum atomic E-state index is -0.251. The van der Waals surface area contributed by atoms with Gasteiger partial charge in [0.05, 0.1) is 18.3 Å². The molecule has 0 radical (unpaired) electrons. The summed E-state index contributed by atoms with van der Waals surface area (Å²) in [6, 6.07) is 6.61. The summed E-state index contributed by atoms with van der Waals surface area (Å²) in [7, 11) is 0. The molecule has 88 valence electrons. The van der Waals surface area contributed by atoms with Gasteiger partial charge in [-0.2, -0.15) is 0 Å². The number of hydrogen-bond acceptors (Lipinski definition) is 2. The van der Waals surface area contributed by atoms with E-state index in [2.05, 4.69) is 5.32 Å². The molecule has 0 aliphatic heterocycles. The standard InChI is InChI=1S/C13H18FNO/c14-11-7-3-4-8-12(11)15-13(9-16)10-5-1-2-6-10/h3-4,7-8,10,13,15-16H,1-2,5-6,9H2. The van der Waals surface area contributed by atoms with Gasteiger partial charge in [0, 0.05) is 0 Å². The van der Waals surface area contributed by atoms with Gasteiger partial charge in [-0.15, -0.1) is 0 Å². The first-order valence-corrected chi connectivity index (χ1v) is 5.93. The zero-order valence-electron chi connectivity index (χ0n) is 9.32. The van der Waals surface area contributed by atoms with Gasteiger partial charge in [-0.25, -0.2) is 4.39 Å². The van der Waals surface area contributed by atoms with Crippen LogP contribution < -0.4 is 5.32 Å². The van der Waals surface area contributed by atoms with Crippen molar-refractivity contribution in [2.24, 2.45) is 5.92 Å². The lowest BCUT2D eigenvalue weighted by molar-refractivity contribution is 0.238. The van der Waals surface area contributed by atoms with Crippen LogP contribution in [0.4, 0.5) is 10.1 Å². The van der Waals surface area contributed by atoms with Gasteiger partial charge in [0.1, 0.15) is 5.82 Å². The van der Waals surface area contributed by atoms with Crippen LogP contribution in [-0.4, -0.2) is 17.8 Å². The minimum absolute atomic E-state index is 0.0144. The van der Waals surface area contributed by atoms with E-state index in [-0.39, 0.29) is 18.5 Å². The van der Waals surface area contributed by atoms with Crippen molar-refractivity contribution in [1.29, 1.82) is 0 Å². The third-order valence-corrected chi connectivity index (χ3v) is 3.38. The molecule has 1 unspecified atom stereocenters. The number of hydrogen-bond donors (Lipinski definition) is 2. The highest BCUT2D eigenvalue weighted by atomic mass is 19.1. The zero-order valence-corrected chi connectivity index (χ0v) is 9.32. The van der Waals surface area contributed by atoms with Crippen molar-refractivity contribution in [2.75, 3.05) is 11.9 Å². The van der Waals surface area contributed by atoms with Crippen molar-refractivity contribution < 1.29 is 9.50 Å². The van der Waals surface area contributed by atoms with E-state index in [1.54, 1.807) is 18.2 Å². The summed E-state index contributed by atoms with van der Waals surface area (Å²) in [5.41, 5.74) is 0.494. The van der Waals surface area contributed by atoms with Crippen LogP contribution in [0.15, 0.2) is 24.3 Å². The molecule has 0 spiro atoms. The second-order valence-electron chi connectivity index (χ2n) is 4.46. The van der Waals surface area contributed by atoms with Crippen LogP contribution in [0, 0.1) is 11.7 Å². The summed E-state index contributed by atoms with van der Waals surface area (Å²) < 4.78 is 13.4. The van der Waals surface area contributed by atoms with Gasteiger partial charge in [-0.3, -0.25) is 0 Å². The largest absolute Gasteiger partial charge is 0.394 e. The maximum atomic E-state index is 13.4. The molecule has 0 aromatic heterocycles. The van der Waals surface area contributed by atoms with E-state index in [0.29, 0.717) is 11.6 Å². The first-order valence-electron chi connectivity index (χ1n) is 5.93. The first kappa shape index (κ1) is 11.4.